The number of ether oxygens (including phenoxy) is 1. The SMILES string of the molecule is O=CC(O)C1CCOCC1. The molecule has 1 saturated heterocycles. The minimum atomic E-state index is -0.774. The molecule has 3 heteroatoms. The van der Waals surface area contributed by atoms with Crippen molar-refractivity contribution >= 4 is 6.29 Å². The normalized spacial score (nSPS) is 24.1. The summed E-state index contributed by atoms with van der Waals surface area (Å²) in [5.74, 6) is 0.131. The van der Waals surface area contributed by atoms with E-state index >= 15 is 0 Å². The lowest BCUT2D eigenvalue weighted by Crippen LogP contribution is -2.28. The topological polar surface area (TPSA) is 46.5 Å². The Morgan fingerprint density at radius 2 is 2.10 bits per heavy atom. The third kappa shape index (κ3) is 1.78. The predicted octanol–water partition coefficient (Wildman–Crippen LogP) is -0.0272. The number of carbonyl (C=O) groups is 1. The van der Waals surface area contributed by atoms with Gasteiger partial charge < -0.3 is 14.6 Å². The summed E-state index contributed by atoms with van der Waals surface area (Å²) in [4.78, 5) is 10.1. The van der Waals surface area contributed by atoms with Gasteiger partial charge in [0.05, 0.1) is 0 Å². The van der Waals surface area contributed by atoms with E-state index in [2.05, 4.69) is 0 Å². The molecule has 0 aromatic heterocycles. The Morgan fingerprint density at radius 1 is 1.50 bits per heavy atom. The fourth-order valence-electron chi connectivity index (χ4n) is 1.17. The van der Waals surface area contributed by atoms with E-state index < -0.39 is 6.10 Å². The molecule has 0 aromatic carbocycles. The van der Waals surface area contributed by atoms with Crippen LogP contribution in [0, 0.1) is 5.92 Å². The zero-order valence-electron chi connectivity index (χ0n) is 5.82. The predicted molar refractivity (Wildman–Crippen MR) is 35.6 cm³/mol. The largest absolute Gasteiger partial charge is 0.385 e. The molecule has 1 aliphatic rings. The monoisotopic (exact) mass is 144 g/mol. The molecule has 1 fully saturated rings. The number of carbonyl (C=O) groups excluding carboxylic acids is 1. The molecule has 3 nitrogen and oxygen atoms in total. The molecule has 0 aromatic rings. The number of hydrogen-bond donors (Lipinski definition) is 1. The van der Waals surface area contributed by atoms with Crippen molar-refractivity contribution in [3.63, 3.8) is 0 Å². The fraction of sp³-hybridized carbons (Fsp3) is 0.857. The van der Waals surface area contributed by atoms with E-state index in [9.17, 15) is 4.79 Å². The number of aldehydes is 1. The smallest absolute Gasteiger partial charge is 0.148 e. The minimum Gasteiger partial charge on any atom is -0.385 e. The number of hydrogen-bond acceptors (Lipinski definition) is 3. The van der Waals surface area contributed by atoms with E-state index in [1.807, 2.05) is 0 Å². The van der Waals surface area contributed by atoms with Crippen LogP contribution in [0.5, 0.6) is 0 Å². The lowest BCUT2D eigenvalue weighted by Gasteiger charge is -2.23. The summed E-state index contributed by atoms with van der Waals surface area (Å²) in [6, 6.07) is 0. The first kappa shape index (κ1) is 7.69. The summed E-state index contributed by atoms with van der Waals surface area (Å²) in [5.41, 5.74) is 0. The van der Waals surface area contributed by atoms with Crippen LogP contribution in [-0.4, -0.2) is 30.7 Å². The second kappa shape index (κ2) is 3.68. The first-order chi connectivity index (χ1) is 4.84. The lowest BCUT2D eigenvalue weighted by molar-refractivity contribution is -0.119. The van der Waals surface area contributed by atoms with E-state index in [0.717, 1.165) is 12.8 Å². The summed E-state index contributed by atoms with van der Waals surface area (Å²) in [6.45, 7) is 1.35. The molecule has 1 heterocycles. The molecular weight excluding hydrogens is 132 g/mol. The van der Waals surface area contributed by atoms with E-state index in [1.54, 1.807) is 0 Å². The highest BCUT2D eigenvalue weighted by Crippen LogP contribution is 2.17. The zero-order valence-corrected chi connectivity index (χ0v) is 5.82. The molecule has 0 saturated carbocycles. The maximum Gasteiger partial charge on any atom is 0.148 e. The van der Waals surface area contributed by atoms with Crippen LogP contribution >= 0.6 is 0 Å². The van der Waals surface area contributed by atoms with Crippen LogP contribution in [0.1, 0.15) is 12.8 Å². The molecule has 1 unspecified atom stereocenters. The van der Waals surface area contributed by atoms with Crippen molar-refractivity contribution in [3.8, 4) is 0 Å². The van der Waals surface area contributed by atoms with Crippen LogP contribution in [-0.2, 0) is 9.53 Å². The Morgan fingerprint density at radius 3 is 2.60 bits per heavy atom. The first-order valence-electron chi connectivity index (χ1n) is 3.55. The van der Waals surface area contributed by atoms with Gasteiger partial charge >= 0.3 is 0 Å². The highest BCUT2D eigenvalue weighted by atomic mass is 16.5. The van der Waals surface area contributed by atoms with Crippen molar-refractivity contribution in [2.75, 3.05) is 13.2 Å². The molecule has 0 aliphatic carbocycles. The molecule has 0 radical (unpaired) electrons. The van der Waals surface area contributed by atoms with Crippen LogP contribution in [0.25, 0.3) is 0 Å². The van der Waals surface area contributed by atoms with Gasteiger partial charge in [-0.2, -0.15) is 0 Å². The fourth-order valence-corrected chi connectivity index (χ4v) is 1.17. The van der Waals surface area contributed by atoms with Crippen molar-refractivity contribution < 1.29 is 14.6 Å². The summed E-state index contributed by atoms with van der Waals surface area (Å²) in [5, 5.41) is 9.06. The van der Waals surface area contributed by atoms with Gasteiger partial charge in [-0.3, -0.25) is 0 Å². The highest BCUT2D eigenvalue weighted by molar-refractivity contribution is 5.56. The summed E-state index contributed by atoms with van der Waals surface area (Å²) in [6.07, 6.45) is 1.44. The summed E-state index contributed by atoms with van der Waals surface area (Å²) >= 11 is 0. The van der Waals surface area contributed by atoms with E-state index in [1.165, 1.54) is 0 Å². The van der Waals surface area contributed by atoms with Gasteiger partial charge in [0.15, 0.2) is 0 Å². The third-order valence-electron chi connectivity index (χ3n) is 1.89. The maximum atomic E-state index is 10.1. The minimum absolute atomic E-state index is 0.131. The Bertz CT molecular complexity index is 107. The van der Waals surface area contributed by atoms with Gasteiger partial charge in [0, 0.05) is 13.2 Å². The van der Waals surface area contributed by atoms with Gasteiger partial charge in [-0.05, 0) is 18.8 Å². The highest BCUT2D eigenvalue weighted by Gasteiger charge is 2.20. The lowest BCUT2D eigenvalue weighted by atomic mass is 9.95. The third-order valence-corrected chi connectivity index (χ3v) is 1.89. The molecule has 1 rings (SSSR count). The Balaban J connectivity index is 2.30. The van der Waals surface area contributed by atoms with Gasteiger partial charge in [0.25, 0.3) is 0 Å². The number of aliphatic hydroxyl groups is 1. The number of rotatable bonds is 2. The summed E-state index contributed by atoms with van der Waals surface area (Å²) in [7, 11) is 0. The first-order valence-corrected chi connectivity index (χ1v) is 3.55. The van der Waals surface area contributed by atoms with E-state index in [0.29, 0.717) is 19.5 Å². The van der Waals surface area contributed by atoms with Crippen LogP contribution in [0.3, 0.4) is 0 Å². The van der Waals surface area contributed by atoms with Crippen molar-refractivity contribution in [2.45, 2.75) is 18.9 Å². The quantitative estimate of drug-likeness (QED) is 0.554. The molecule has 1 atom stereocenters. The molecule has 1 N–H and O–H groups in total. The molecule has 0 bridgehead atoms. The molecule has 0 amide bonds. The molecule has 0 spiro atoms. The van der Waals surface area contributed by atoms with Gasteiger partial charge in [-0.15, -0.1) is 0 Å². The van der Waals surface area contributed by atoms with Crippen molar-refractivity contribution in [1.82, 2.24) is 0 Å². The Kier molecular flexibility index (Phi) is 2.83. The van der Waals surface area contributed by atoms with Crippen molar-refractivity contribution in [3.05, 3.63) is 0 Å². The molecule has 1 aliphatic heterocycles. The second-order valence-electron chi connectivity index (χ2n) is 2.58. The molecule has 58 valence electrons. The van der Waals surface area contributed by atoms with Crippen LogP contribution in [0.2, 0.25) is 0 Å². The molecule has 10 heavy (non-hydrogen) atoms. The van der Waals surface area contributed by atoms with Crippen molar-refractivity contribution in [1.29, 1.82) is 0 Å². The standard InChI is InChI=1S/C7H12O3/c8-5-7(9)6-1-3-10-4-2-6/h5-7,9H,1-4H2. The van der Waals surface area contributed by atoms with Gasteiger partial charge in [0.1, 0.15) is 12.4 Å². The average Bonchev–Trinajstić information content (AvgIpc) is 2.05. The zero-order chi connectivity index (χ0) is 7.40. The Labute approximate surface area is 60.0 Å². The second-order valence-corrected chi connectivity index (χ2v) is 2.58. The van der Waals surface area contributed by atoms with E-state index in [-0.39, 0.29) is 5.92 Å². The van der Waals surface area contributed by atoms with E-state index in [4.69, 9.17) is 9.84 Å². The van der Waals surface area contributed by atoms with Crippen LogP contribution in [0.15, 0.2) is 0 Å². The van der Waals surface area contributed by atoms with Gasteiger partial charge in [-0.25, -0.2) is 0 Å². The summed E-state index contributed by atoms with van der Waals surface area (Å²) < 4.78 is 5.07. The van der Waals surface area contributed by atoms with Crippen LogP contribution < -0.4 is 0 Å². The van der Waals surface area contributed by atoms with Gasteiger partial charge in [-0.1, -0.05) is 0 Å². The number of aliphatic hydroxyl groups excluding tert-OH is 1. The Hall–Kier alpha value is -0.410. The molecular formula is C7H12O3. The average molecular weight is 144 g/mol. The van der Waals surface area contributed by atoms with Crippen LogP contribution in [0.4, 0.5) is 0 Å². The maximum absolute atomic E-state index is 10.1. The van der Waals surface area contributed by atoms with Crippen molar-refractivity contribution in [2.24, 2.45) is 5.92 Å². The van der Waals surface area contributed by atoms with Gasteiger partial charge in [0.2, 0.25) is 0 Å².